The summed E-state index contributed by atoms with van der Waals surface area (Å²) in [5, 5.41) is 0.909. The Labute approximate surface area is 137 Å². The maximum absolute atomic E-state index is 12.4. The van der Waals surface area contributed by atoms with E-state index < -0.39 is 0 Å². The van der Waals surface area contributed by atoms with Crippen molar-refractivity contribution in [2.75, 3.05) is 13.1 Å². The van der Waals surface area contributed by atoms with Gasteiger partial charge >= 0.3 is 6.01 Å². The van der Waals surface area contributed by atoms with Crippen molar-refractivity contribution in [1.29, 1.82) is 0 Å². The number of amides is 1. The summed E-state index contributed by atoms with van der Waals surface area (Å²) < 4.78 is 5.67. The van der Waals surface area contributed by atoms with Crippen molar-refractivity contribution in [2.24, 2.45) is 0 Å². The number of nitrogens with zero attached hydrogens (tertiary/aromatic N) is 3. The quantitative estimate of drug-likeness (QED) is 0.863. The molecule has 0 radical (unpaired) electrons. The van der Waals surface area contributed by atoms with Crippen molar-refractivity contribution in [3.05, 3.63) is 52.3 Å². The highest BCUT2D eigenvalue weighted by atomic mass is 35.5. The highest BCUT2D eigenvalue weighted by Crippen LogP contribution is 2.21. The molecule has 0 aliphatic carbocycles. The van der Waals surface area contributed by atoms with Crippen LogP contribution in [-0.2, 0) is 0 Å². The summed E-state index contributed by atoms with van der Waals surface area (Å²) in [5.41, 5.74) is 0.507. The van der Waals surface area contributed by atoms with E-state index in [0.717, 1.165) is 6.42 Å². The Hall–Kier alpha value is -1.85. The van der Waals surface area contributed by atoms with Gasteiger partial charge in [-0.1, -0.05) is 35.3 Å². The minimum atomic E-state index is -0.132. The third-order valence-corrected chi connectivity index (χ3v) is 3.93. The lowest BCUT2D eigenvalue weighted by molar-refractivity contribution is 0.0770. The van der Waals surface area contributed by atoms with Gasteiger partial charge in [-0.3, -0.25) is 4.79 Å². The van der Waals surface area contributed by atoms with Crippen LogP contribution in [-0.4, -0.2) is 40.0 Å². The summed E-state index contributed by atoms with van der Waals surface area (Å²) in [4.78, 5) is 22.2. The molecule has 0 N–H and O–H groups in total. The summed E-state index contributed by atoms with van der Waals surface area (Å²) in [7, 11) is 0. The predicted octanol–water partition coefficient (Wildman–Crippen LogP) is 3.08. The van der Waals surface area contributed by atoms with Crippen LogP contribution in [0.4, 0.5) is 0 Å². The number of hydrogen-bond donors (Lipinski definition) is 0. The Bertz CT molecular complexity index is 679. The molecule has 1 aromatic carbocycles. The first kappa shape index (κ1) is 15.1. The molecule has 3 rings (SSSR count). The van der Waals surface area contributed by atoms with E-state index in [1.165, 1.54) is 12.4 Å². The van der Waals surface area contributed by atoms with Crippen molar-refractivity contribution in [2.45, 2.75) is 12.5 Å². The fourth-order valence-electron chi connectivity index (χ4n) is 2.32. The minimum absolute atomic E-state index is 0.0891. The van der Waals surface area contributed by atoms with Crippen molar-refractivity contribution < 1.29 is 9.53 Å². The van der Waals surface area contributed by atoms with E-state index in [1.807, 2.05) is 0 Å². The standard InChI is InChI=1S/C15H13Cl2N3O2/c16-10-7-18-15(19-8-10)22-11-5-6-20(9-11)14(21)12-3-1-2-4-13(12)17/h1-4,7-8,11H,5-6,9H2. The second kappa shape index (κ2) is 6.50. The SMILES string of the molecule is O=C(c1ccccc1Cl)N1CCC(Oc2ncc(Cl)cn2)C1. The molecule has 0 saturated carbocycles. The number of carbonyl (C=O) groups excluding carboxylic acids is 1. The third kappa shape index (κ3) is 3.31. The van der Waals surface area contributed by atoms with Crippen molar-refractivity contribution >= 4 is 29.1 Å². The van der Waals surface area contributed by atoms with Gasteiger partial charge in [-0.15, -0.1) is 0 Å². The average Bonchev–Trinajstić information content (AvgIpc) is 2.98. The van der Waals surface area contributed by atoms with Gasteiger partial charge in [-0.2, -0.15) is 0 Å². The number of aromatic nitrogens is 2. The van der Waals surface area contributed by atoms with Crippen LogP contribution in [0.2, 0.25) is 10.0 Å². The van der Waals surface area contributed by atoms with E-state index in [0.29, 0.717) is 28.7 Å². The van der Waals surface area contributed by atoms with Gasteiger partial charge < -0.3 is 9.64 Å². The van der Waals surface area contributed by atoms with Crippen molar-refractivity contribution in [3.8, 4) is 6.01 Å². The topological polar surface area (TPSA) is 55.3 Å². The first-order valence-electron chi connectivity index (χ1n) is 6.81. The highest BCUT2D eigenvalue weighted by Gasteiger charge is 2.29. The third-order valence-electron chi connectivity index (χ3n) is 3.41. The molecule has 1 aliphatic rings. The van der Waals surface area contributed by atoms with Gasteiger partial charge in [0.05, 0.1) is 34.5 Å². The monoisotopic (exact) mass is 337 g/mol. The second-order valence-corrected chi connectivity index (χ2v) is 5.79. The summed E-state index contributed by atoms with van der Waals surface area (Å²) in [6, 6.07) is 7.29. The molecule has 0 spiro atoms. The zero-order valence-corrected chi connectivity index (χ0v) is 13.1. The van der Waals surface area contributed by atoms with Crippen molar-refractivity contribution in [3.63, 3.8) is 0 Å². The Morgan fingerprint density at radius 2 is 1.95 bits per heavy atom. The molecule has 1 atom stereocenters. The van der Waals surface area contributed by atoms with Crippen LogP contribution in [0.5, 0.6) is 6.01 Å². The first-order valence-corrected chi connectivity index (χ1v) is 7.57. The number of hydrogen-bond acceptors (Lipinski definition) is 4. The Balaban J connectivity index is 1.63. The lowest BCUT2D eigenvalue weighted by Gasteiger charge is -2.17. The molecule has 1 saturated heterocycles. The summed E-state index contributed by atoms with van der Waals surface area (Å²) in [6.45, 7) is 1.10. The number of ether oxygens (including phenoxy) is 1. The predicted molar refractivity (Wildman–Crippen MR) is 83.4 cm³/mol. The number of carbonyl (C=O) groups is 1. The molecule has 0 bridgehead atoms. The maximum Gasteiger partial charge on any atom is 0.316 e. The zero-order chi connectivity index (χ0) is 15.5. The fraction of sp³-hybridized carbons (Fsp3) is 0.267. The van der Waals surface area contributed by atoms with Crippen LogP contribution in [0.1, 0.15) is 16.8 Å². The van der Waals surface area contributed by atoms with Crippen LogP contribution < -0.4 is 4.74 Å². The van der Waals surface area contributed by atoms with Gasteiger partial charge in [0, 0.05) is 13.0 Å². The van der Waals surface area contributed by atoms with Gasteiger partial charge in [0.25, 0.3) is 5.91 Å². The molecular weight excluding hydrogens is 325 g/mol. The normalized spacial score (nSPS) is 17.5. The van der Waals surface area contributed by atoms with E-state index >= 15 is 0 Å². The first-order chi connectivity index (χ1) is 10.6. The molecule has 1 aliphatic heterocycles. The number of rotatable bonds is 3. The zero-order valence-electron chi connectivity index (χ0n) is 11.6. The molecular formula is C15H13Cl2N3O2. The molecule has 114 valence electrons. The van der Waals surface area contributed by atoms with E-state index in [2.05, 4.69) is 9.97 Å². The van der Waals surface area contributed by atoms with Gasteiger partial charge in [0.2, 0.25) is 0 Å². The Kier molecular flexibility index (Phi) is 4.45. The summed E-state index contributed by atoms with van der Waals surface area (Å²) in [5.74, 6) is -0.0891. The van der Waals surface area contributed by atoms with Crippen LogP contribution >= 0.6 is 23.2 Å². The number of benzene rings is 1. The van der Waals surface area contributed by atoms with Gasteiger partial charge in [0.1, 0.15) is 6.10 Å². The van der Waals surface area contributed by atoms with Crippen LogP contribution in [0.25, 0.3) is 0 Å². The van der Waals surface area contributed by atoms with Gasteiger partial charge in [0.15, 0.2) is 0 Å². The molecule has 1 aromatic heterocycles. The summed E-state index contributed by atoms with van der Waals surface area (Å²) >= 11 is 11.8. The van der Waals surface area contributed by atoms with Gasteiger partial charge in [-0.05, 0) is 12.1 Å². The fourth-order valence-corrected chi connectivity index (χ4v) is 2.64. The molecule has 7 heteroatoms. The van der Waals surface area contributed by atoms with E-state index in [1.54, 1.807) is 29.2 Å². The van der Waals surface area contributed by atoms with Crippen LogP contribution in [0.3, 0.4) is 0 Å². The van der Waals surface area contributed by atoms with Crippen molar-refractivity contribution in [1.82, 2.24) is 14.9 Å². The number of halogens is 2. The van der Waals surface area contributed by atoms with E-state index in [4.69, 9.17) is 27.9 Å². The molecule has 22 heavy (non-hydrogen) atoms. The Morgan fingerprint density at radius 1 is 1.23 bits per heavy atom. The average molecular weight is 338 g/mol. The molecule has 1 unspecified atom stereocenters. The highest BCUT2D eigenvalue weighted by molar-refractivity contribution is 6.33. The summed E-state index contributed by atoms with van der Waals surface area (Å²) in [6.07, 6.45) is 3.55. The number of likely N-dealkylation sites (tertiary alicyclic amines) is 1. The lowest BCUT2D eigenvalue weighted by atomic mass is 10.2. The second-order valence-electron chi connectivity index (χ2n) is 4.94. The lowest BCUT2D eigenvalue weighted by Crippen LogP contribution is -2.31. The molecule has 1 fully saturated rings. The minimum Gasteiger partial charge on any atom is -0.458 e. The largest absolute Gasteiger partial charge is 0.458 e. The van der Waals surface area contributed by atoms with Gasteiger partial charge in [-0.25, -0.2) is 9.97 Å². The maximum atomic E-state index is 12.4. The smallest absolute Gasteiger partial charge is 0.316 e. The Morgan fingerprint density at radius 3 is 2.68 bits per heavy atom. The van der Waals surface area contributed by atoms with E-state index in [9.17, 15) is 4.79 Å². The van der Waals surface area contributed by atoms with Crippen LogP contribution in [0, 0.1) is 0 Å². The molecule has 1 amide bonds. The molecule has 2 aromatic rings. The van der Waals surface area contributed by atoms with Crippen LogP contribution in [0.15, 0.2) is 36.7 Å². The molecule has 2 heterocycles. The molecule has 5 nitrogen and oxygen atoms in total. The van der Waals surface area contributed by atoms with E-state index in [-0.39, 0.29) is 18.0 Å².